The second-order valence-electron chi connectivity index (χ2n) is 2.75. The van der Waals surface area contributed by atoms with Crippen molar-refractivity contribution in [1.82, 2.24) is 4.98 Å². The minimum Gasteiger partial charge on any atom is -0.325 e. The molecule has 0 aliphatic carbocycles. The highest BCUT2D eigenvalue weighted by molar-refractivity contribution is 5.95. The van der Waals surface area contributed by atoms with Crippen molar-refractivity contribution in [3.63, 3.8) is 0 Å². The van der Waals surface area contributed by atoms with Gasteiger partial charge in [-0.3, -0.25) is 9.78 Å². The minimum absolute atomic E-state index is 0.0450. The zero-order valence-corrected chi connectivity index (χ0v) is 7.29. The molecule has 0 fully saturated rings. The Balaban J connectivity index is 3.12. The Morgan fingerprint density at radius 3 is 2.75 bits per heavy atom. The highest BCUT2D eigenvalue weighted by Crippen LogP contribution is 2.08. The Labute approximate surface area is 71.6 Å². The van der Waals surface area contributed by atoms with Crippen LogP contribution in [-0.4, -0.2) is 10.8 Å². The molecular formula is C9H12N2O. The third-order valence-electron chi connectivity index (χ3n) is 1.76. The molecule has 0 unspecified atom stereocenters. The lowest BCUT2D eigenvalue weighted by atomic mass is 10.1. The van der Waals surface area contributed by atoms with Crippen LogP contribution in [0.5, 0.6) is 0 Å². The molecule has 0 radical (unpaired) electrons. The van der Waals surface area contributed by atoms with Crippen LogP contribution in [-0.2, 0) is 6.54 Å². The molecule has 3 nitrogen and oxygen atoms in total. The number of aryl methyl sites for hydroxylation is 1. The first kappa shape index (κ1) is 8.87. The number of carbonyl (C=O) groups excluding carboxylic acids is 1. The molecule has 1 heterocycles. The average molecular weight is 164 g/mol. The van der Waals surface area contributed by atoms with Crippen molar-refractivity contribution in [2.75, 3.05) is 0 Å². The van der Waals surface area contributed by atoms with Gasteiger partial charge in [0.1, 0.15) is 0 Å². The number of carbonyl (C=O) groups is 1. The predicted molar refractivity (Wildman–Crippen MR) is 46.9 cm³/mol. The number of hydrogen-bond acceptors (Lipinski definition) is 3. The standard InChI is InChI=1S/C9H12N2O/c1-6-3-8(4-10)11-5-9(6)7(2)12/h3,5H,4,10H2,1-2H3. The lowest BCUT2D eigenvalue weighted by molar-refractivity contribution is 0.101. The molecular weight excluding hydrogens is 152 g/mol. The lowest BCUT2D eigenvalue weighted by Crippen LogP contribution is -2.03. The highest BCUT2D eigenvalue weighted by atomic mass is 16.1. The number of aromatic nitrogens is 1. The molecule has 0 spiro atoms. The van der Waals surface area contributed by atoms with Crippen molar-refractivity contribution in [2.24, 2.45) is 5.73 Å². The van der Waals surface area contributed by atoms with Gasteiger partial charge in [-0.2, -0.15) is 0 Å². The SMILES string of the molecule is CC(=O)c1cnc(CN)cc1C. The molecule has 0 aliphatic heterocycles. The second kappa shape index (κ2) is 3.45. The molecule has 0 saturated carbocycles. The molecule has 1 rings (SSSR count). The normalized spacial score (nSPS) is 9.92. The fourth-order valence-corrected chi connectivity index (χ4v) is 1.09. The van der Waals surface area contributed by atoms with E-state index < -0.39 is 0 Å². The summed E-state index contributed by atoms with van der Waals surface area (Å²) in [4.78, 5) is 15.0. The number of nitrogens with zero attached hydrogens (tertiary/aromatic N) is 1. The summed E-state index contributed by atoms with van der Waals surface area (Å²) in [7, 11) is 0. The van der Waals surface area contributed by atoms with E-state index in [4.69, 9.17) is 5.73 Å². The van der Waals surface area contributed by atoms with E-state index in [1.54, 1.807) is 6.20 Å². The van der Waals surface area contributed by atoms with Crippen molar-refractivity contribution in [3.05, 3.63) is 29.1 Å². The van der Waals surface area contributed by atoms with Gasteiger partial charge in [0, 0.05) is 18.3 Å². The summed E-state index contributed by atoms with van der Waals surface area (Å²) < 4.78 is 0. The van der Waals surface area contributed by atoms with Gasteiger partial charge < -0.3 is 5.73 Å². The number of pyridine rings is 1. The summed E-state index contributed by atoms with van der Waals surface area (Å²) in [6, 6.07) is 1.84. The van der Waals surface area contributed by atoms with Crippen molar-refractivity contribution < 1.29 is 4.79 Å². The van der Waals surface area contributed by atoms with Crippen LogP contribution in [0.25, 0.3) is 0 Å². The second-order valence-corrected chi connectivity index (χ2v) is 2.75. The summed E-state index contributed by atoms with van der Waals surface area (Å²) in [5.41, 5.74) is 7.83. The Morgan fingerprint density at radius 2 is 2.33 bits per heavy atom. The first-order chi connectivity index (χ1) is 5.65. The molecule has 0 atom stereocenters. The van der Waals surface area contributed by atoms with E-state index in [9.17, 15) is 4.79 Å². The van der Waals surface area contributed by atoms with Crippen molar-refractivity contribution in [3.8, 4) is 0 Å². The van der Waals surface area contributed by atoms with E-state index in [0.717, 1.165) is 11.3 Å². The van der Waals surface area contributed by atoms with Crippen LogP contribution in [0.1, 0.15) is 28.5 Å². The van der Waals surface area contributed by atoms with Gasteiger partial charge in [0.15, 0.2) is 5.78 Å². The summed E-state index contributed by atoms with van der Waals surface area (Å²) in [5.74, 6) is 0.0450. The molecule has 0 bridgehead atoms. The van der Waals surface area contributed by atoms with E-state index in [1.807, 2.05) is 13.0 Å². The third kappa shape index (κ3) is 1.68. The van der Waals surface area contributed by atoms with Gasteiger partial charge in [-0.15, -0.1) is 0 Å². The van der Waals surface area contributed by atoms with Crippen LogP contribution >= 0.6 is 0 Å². The van der Waals surface area contributed by atoms with Crippen LogP contribution in [0, 0.1) is 6.92 Å². The number of Topliss-reactive ketones (excluding diaryl/α,β-unsaturated/α-hetero) is 1. The summed E-state index contributed by atoms with van der Waals surface area (Å²) in [5, 5.41) is 0. The molecule has 1 aromatic heterocycles. The summed E-state index contributed by atoms with van der Waals surface area (Å²) in [6.45, 7) is 3.84. The van der Waals surface area contributed by atoms with E-state index >= 15 is 0 Å². The Morgan fingerprint density at radius 1 is 1.67 bits per heavy atom. The van der Waals surface area contributed by atoms with Crippen molar-refractivity contribution in [2.45, 2.75) is 20.4 Å². The van der Waals surface area contributed by atoms with Crippen molar-refractivity contribution >= 4 is 5.78 Å². The monoisotopic (exact) mass is 164 g/mol. The van der Waals surface area contributed by atoms with Crippen LogP contribution in [0.4, 0.5) is 0 Å². The largest absolute Gasteiger partial charge is 0.325 e. The van der Waals surface area contributed by atoms with Crippen LogP contribution in [0.15, 0.2) is 12.3 Å². The van der Waals surface area contributed by atoms with Gasteiger partial charge in [0.05, 0.1) is 5.69 Å². The zero-order valence-electron chi connectivity index (χ0n) is 7.29. The zero-order chi connectivity index (χ0) is 9.14. The Kier molecular flexibility index (Phi) is 2.55. The highest BCUT2D eigenvalue weighted by Gasteiger charge is 2.04. The quantitative estimate of drug-likeness (QED) is 0.665. The minimum atomic E-state index is 0.0450. The lowest BCUT2D eigenvalue weighted by Gasteiger charge is -2.02. The predicted octanol–water partition coefficient (Wildman–Crippen LogP) is 1.05. The third-order valence-corrected chi connectivity index (χ3v) is 1.76. The molecule has 3 heteroatoms. The van der Waals surface area contributed by atoms with Gasteiger partial charge in [-0.25, -0.2) is 0 Å². The maximum absolute atomic E-state index is 11.0. The number of hydrogen-bond donors (Lipinski definition) is 1. The fraction of sp³-hybridized carbons (Fsp3) is 0.333. The smallest absolute Gasteiger partial charge is 0.161 e. The molecule has 0 saturated heterocycles. The Bertz CT molecular complexity index is 307. The number of rotatable bonds is 2. The molecule has 12 heavy (non-hydrogen) atoms. The van der Waals surface area contributed by atoms with Gasteiger partial charge in [0.2, 0.25) is 0 Å². The fourth-order valence-electron chi connectivity index (χ4n) is 1.09. The molecule has 64 valence electrons. The van der Waals surface area contributed by atoms with E-state index in [0.29, 0.717) is 12.1 Å². The molecule has 0 amide bonds. The maximum Gasteiger partial charge on any atom is 0.161 e. The van der Waals surface area contributed by atoms with Gasteiger partial charge in [0.25, 0.3) is 0 Å². The first-order valence-corrected chi connectivity index (χ1v) is 3.81. The van der Waals surface area contributed by atoms with Gasteiger partial charge in [-0.1, -0.05) is 0 Å². The molecule has 0 aromatic carbocycles. The van der Waals surface area contributed by atoms with Crippen molar-refractivity contribution in [1.29, 1.82) is 0 Å². The van der Waals surface area contributed by atoms with Crippen LogP contribution < -0.4 is 5.73 Å². The van der Waals surface area contributed by atoms with Crippen LogP contribution in [0.2, 0.25) is 0 Å². The van der Waals surface area contributed by atoms with E-state index in [2.05, 4.69) is 4.98 Å². The number of nitrogens with two attached hydrogens (primary N) is 1. The molecule has 1 aromatic rings. The molecule has 2 N–H and O–H groups in total. The number of ketones is 1. The summed E-state index contributed by atoms with van der Waals surface area (Å²) >= 11 is 0. The average Bonchev–Trinajstić information content (AvgIpc) is 2.03. The summed E-state index contributed by atoms with van der Waals surface area (Å²) in [6.07, 6.45) is 1.58. The van der Waals surface area contributed by atoms with E-state index in [-0.39, 0.29) is 5.78 Å². The molecule has 0 aliphatic rings. The maximum atomic E-state index is 11.0. The first-order valence-electron chi connectivity index (χ1n) is 3.81. The van der Waals surface area contributed by atoms with Gasteiger partial charge >= 0.3 is 0 Å². The topological polar surface area (TPSA) is 56.0 Å². The van der Waals surface area contributed by atoms with Crippen LogP contribution in [0.3, 0.4) is 0 Å². The van der Waals surface area contributed by atoms with Gasteiger partial charge in [-0.05, 0) is 25.5 Å². The van der Waals surface area contributed by atoms with E-state index in [1.165, 1.54) is 6.92 Å². The Hall–Kier alpha value is -1.22.